The summed E-state index contributed by atoms with van der Waals surface area (Å²) in [5, 5.41) is 0. The van der Waals surface area contributed by atoms with Crippen LogP contribution in [-0.4, -0.2) is 10.2 Å². The van der Waals surface area contributed by atoms with Gasteiger partial charge >= 0.3 is 6.11 Å². The maximum atomic E-state index is 14.8. The highest BCUT2D eigenvalue weighted by Crippen LogP contribution is 2.45. The molecule has 2 aliphatic carbocycles. The van der Waals surface area contributed by atoms with Crippen LogP contribution in [0.15, 0.2) is 24.3 Å². The molecular weight excluding hydrogens is 482 g/mol. The van der Waals surface area contributed by atoms with Crippen molar-refractivity contribution in [3.05, 3.63) is 64.2 Å². The van der Waals surface area contributed by atoms with Crippen LogP contribution in [0.2, 0.25) is 6.04 Å². The Morgan fingerprint density at radius 1 is 0.771 bits per heavy atom. The van der Waals surface area contributed by atoms with Gasteiger partial charge < -0.3 is 4.74 Å². The van der Waals surface area contributed by atoms with Crippen LogP contribution in [0.4, 0.5) is 26.3 Å². The Balaban J connectivity index is 1.44. The van der Waals surface area contributed by atoms with E-state index in [1.54, 1.807) is 0 Å². The molecule has 0 N–H and O–H groups in total. The van der Waals surface area contributed by atoms with E-state index in [4.69, 9.17) is 0 Å². The van der Waals surface area contributed by atoms with Gasteiger partial charge in [-0.15, -0.1) is 0 Å². The average Bonchev–Trinajstić information content (AvgIpc) is 2.81. The highest BCUT2D eigenvalue weighted by atomic mass is 28.1. The quantitative estimate of drug-likeness (QED) is 0.286. The van der Waals surface area contributed by atoms with Crippen molar-refractivity contribution in [2.45, 2.75) is 76.4 Å². The third-order valence-corrected chi connectivity index (χ3v) is 9.39. The molecule has 0 aromatic heterocycles. The lowest BCUT2D eigenvalue weighted by Crippen LogP contribution is -2.27. The molecule has 35 heavy (non-hydrogen) atoms. The van der Waals surface area contributed by atoms with Gasteiger partial charge in [0.15, 0.2) is 0 Å². The molecule has 0 aliphatic heterocycles. The summed E-state index contributed by atoms with van der Waals surface area (Å²) < 4.78 is 90.7. The maximum absolute atomic E-state index is 14.8. The summed E-state index contributed by atoms with van der Waals surface area (Å²) in [6.45, 7) is 1.14. The predicted molar refractivity (Wildman–Crippen MR) is 127 cm³/mol. The first-order valence-electron chi connectivity index (χ1n) is 12.6. The molecule has 1 nitrogen and oxygen atoms in total. The Bertz CT molecular complexity index is 996. The van der Waals surface area contributed by atoms with Gasteiger partial charge in [0.2, 0.25) is 0 Å². The van der Waals surface area contributed by atoms with Crippen molar-refractivity contribution in [3.8, 4) is 5.75 Å². The maximum Gasteiger partial charge on any atom is 0.432 e. The van der Waals surface area contributed by atoms with Crippen LogP contribution in [0, 0.1) is 47.9 Å². The van der Waals surface area contributed by atoms with Crippen LogP contribution in [0.3, 0.4) is 0 Å². The number of rotatable bonds is 6. The molecule has 0 saturated heterocycles. The van der Waals surface area contributed by atoms with Crippen molar-refractivity contribution in [3.63, 3.8) is 0 Å². The first kappa shape index (κ1) is 26.1. The van der Waals surface area contributed by atoms with Gasteiger partial charge in [-0.1, -0.05) is 18.9 Å². The van der Waals surface area contributed by atoms with E-state index in [1.165, 1.54) is 42.0 Å². The lowest BCUT2D eigenvalue weighted by molar-refractivity contribution is -0.189. The van der Waals surface area contributed by atoms with Crippen LogP contribution >= 0.6 is 0 Å². The fourth-order valence-corrected chi connectivity index (χ4v) is 6.79. The van der Waals surface area contributed by atoms with Gasteiger partial charge in [0, 0.05) is 27.9 Å². The summed E-state index contributed by atoms with van der Waals surface area (Å²) in [5.74, 6) is -3.74. The zero-order chi connectivity index (χ0) is 25.3. The second kappa shape index (κ2) is 10.6. The number of benzene rings is 2. The minimum atomic E-state index is -4.45. The molecule has 0 bridgehead atoms. The average molecular weight is 515 g/mol. The lowest BCUT2D eigenvalue weighted by Gasteiger charge is -2.38. The molecule has 2 aliphatic rings. The Kier molecular flexibility index (Phi) is 7.88. The second-order valence-corrected chi connectivity index (χ2v) is 11.1. The molecule has 2 aromatic rings. The fourth-order valence-electron chi connectivity index (χ4n) is 5.98. The lowest BCUT2D eigenvalue weighted by atomic mass is 9.68. The van der Waals surface area contributed by atoms with E-state index in [1.807, 2.05) is 0 Å². The molecule has 0 spiro atoms. The van der Waals surface area contributed by atoms with E-state index in [2.05, 4.69) is 4.74 Å². The first-order chi connectivity index (χ1) is 16.6. The monoisotopic (exact) mass is 514 g/mol. The van der Waals surface area contributed by atoms with Crippen molar-refractivity contribution < 1.29 is 31.1 Å². The zero-order valence-electron chi connectivity index (χ0n) is 20.2. The number of ether oxygens (including phenoxy) is 1. The Hall–Kier alpha value is -1.96. The van der Waals surface area contributed by atoms with E-state index in [0.29, 0.717) is 23.6 Å². The highest BCUT2D eigenvalue weighted by Gasteiger charge is 2.42. The van der Waals surface area contributed by atoms with Gasteiger partial charge in [0.05, 0.1) is 0 Å². The van der Waals surface area contributed by atoms with Crippen LogP contribution in [-0.2, 0) is 6.11 Å². The summed E-state index contributed by atoms with van der Waals surface area (Å²) in [5.41, 5.74) is -1.57. The van der Waals surface area contributed by atoms with Crippen LogP contribution in [0.1, 0.15) is 74.0 Å². The van der Waals surface area contributed by atoms with E-state index in [9.17, 15) is 26.3 Å². The minimum Gasteiger partial charge on any atom is -0.429 e. The van der Waals surface area contributed by atoms with Crippen LogP contribution < -0.4 is 4.74 Å². The fraction of sp³-hybridized carbons (Fsp3) is 0.556. The Morgan fingerprint density at radius 2 is 1.26 bits per heavy atom. The molecule has 0 radical (unpaired) electrons. The van der Waals surface area contributed by atoms with Crippen molar-refractivity contribution in [1.29, 1.82) is 0 Å². The Labute approximate surface area is 205 Å². The Morgan fingerprint density at radius 3 is 1.74 bits per heavy atom. The summed E-state index contributed by atoms with van der Waals surface area (Å²) >= 11 is 0. The van der Waals surface area contributed by atoms with Gasteiger partial charge in [0.25, 0.3) is 0 Å². The van der Waals surface area contributed by atoms with Crippen LogP contribution in [0.25, 0.3) is 0 Å². The van der Waals surface area contributed by atoms with E-state index >= 15 is 0 Å². The normalized spacial score (nSPS) is 25.6. The second-order valence-electron chi connectivity index (χ2n) is 10.3. The predicted octanol–water partition coefficient (Wildman–Crippen LogP) is 7.54. The molecule has 0 amide bonds. The van der Waals surface area contributed by atoms with E-state index in [-0.39, 0.29) is 11.5 Å². The number of halogens is 6. The molecule has 0 atom stereocenters. The molecular formula is C27H32F6OSi. The van der Waals surface area contributed by atoms with Gasteiger partial charge in [0.1, 0.15) is 34.6 Å². The molecule has 4 rings (SSSR count). The van der Waals surface area contributed by atoms with Crippen molar-refractivity contribution in [1.82, 2.24) is 0 Å². The van der Waals surface area contributed by atoms with Gasteiger partial charge in [-0.2, -0.15) is 8.78 Å². The van der Waals surface area contributed by atoms with Gasteiger partial charge in [-0.05, 0) is 86.8 Å². The molecule has 0 unspecified atom stereocenters. The standard InChI is InChI=1S/C27H32F6OSi/c1-15-22(28)12-21(13-23(15)29)34-27(32,33)26-24(30)10-20(11-25(26)31)19-8-6-18(7-9-19)17-4-2-16(14-35)3-5-17/h10-13,16-19H,2-9,14H2,1,35H3. The largest absolute Gasteiger partial charge is 0.432 e. The summed E-state index contributed by atoms with van der Waals surface area (Å²) in [4.78, 5) is 0. The van der Waals surface area contributed by atoms with Crippen molar-refractivity contribution in [2.24, 2.45) is 17.8 Å². The molecule has 192 valence electrons. The van der Waals surface area contributed by atoms with E-state index < -0.39 is 40.7 Å². The first-order valence-corrected chi connectivity index (χ1v) is 14.0. The zero-order valence-corrected chi connectivity index (χ0v) is 22.2. The minimum absolute atomic E-state index is 0.0860. The summed E-state index contributed by atoms with van der Waals surface area (Å²) in [6, 6.07) is 4.40. The van der Waals surface area contributed by atoms with Gasteiger partial charge in [-0.3, -0.25) is 0 Å². The van der Waals surface area contributed by atoms with Gasteiger partial charge in [-0.25, -0.2) is 17.6 Å². The SMILES string of the molecule is Cc1c(F)cc(OC(F)(F)c2c(F)cc(C3CCC(C4CCC(C[SiH3])CC4)CC3)cc2F)cc1F. The smallest absolute Gasteiger partial charge is 0.429 e. The third kappa shape index (κ3) is 5.73. The molecule has 0 heterocycles. The third-order valence-electron chi connectivity index (χ3n) is 8.23. The number of hydrogen-bond donors (Lipinski definition) is 0. The van der Waals surface area contributed by atoms with Crippen molar-refractivity contribution in [2.75, 3.05) is 0 Å². The molecule has 8 heteroatoms. The topological polar surface area (TPSA) is 9.23 Å². The molecule has 2 saturated carbocycles. The van der Waals surface area contributed by atoms with Crippen molar-refractivity contribution >= 4 is 10.2 Å². The number of hydrogen-bond acceptors (Lipinski definition) is 1. The van der Waals surface area contributed by atoms with E-state index in [0.717, 1.165) is 56.6 Å². The molecule has 2 fully saturated rings. The number of alkyl halides is 2. The van der Waals surface area contributed by atoms with Crippen LogP contribution in [0.5, 0.6) is 5.75 Å². The highest BCUT2D eigenvalue weighted by molar-refractivity contribution is 6.08. The summed E-state index contributed by atoms with van der Waals surface area (Å²) in [6.07, 6.45) is 4.22. The molecule has 2 aromatic carbocycles. The summed E-state index contributed by atoms with van der Waals surface area (Å²) in [7, 11) is 1.26.